The molecule has 0 bridgehead atoms. The fourth-order valence-corrected chi connectivity index (χ4v) is 1.93. The van der Waals surface area contributed by atoms with Crippen molar-refractivity contribution < 1.29 is 9.90 Å². The fraction of sp³-hybridized carbons (Fsp3) is 0.647. The normalized spacial score (nSPS) is 14.5. The molecule has 2 N–H and O–H groups in total. The van der Waals surface area contributed by atoms with E-state index in [-0.39, 0.29) is 23.8 Å². The van der Waals surface area contributed by atoms with Crippen molar-refractivity contribution in [2.24, 2.45) is 17.3 Å². The van der Waals surface area contributed by atoms with E-state index in [1.54, 1.807) is 6.20 Å². The molecule has 0 aliphatic heterocycles. The highest BCUT2D eigenvalue weighted by Crippen LogP contribution is 2.27. The van der Waals surface area contributed by atoms with E-state index in [4.69, 9.17) is 0 Å². The second kappa shape index (κ2) is 8.13. The molecular formula is C17H28N2O2. The van der Waals surface area contributed by atoms with Gasteiger partial charge in [-0.25, -0.2) is 0 Å². The van der Waals surface area contributed by atoms with Gasteiger partial charge in [-0.1, -0.05) is 33.8 Å². The van der Waals surface area contributed by atoms with Crippen LogP contribution < -0.4 is 5.32 Å². The molecule has 1 aromatic heterocycles. The summed E-state index contributed by atoms with van der Waals surface area (Å²) >= 11 is 0. The van der Waals surface area contributed by atoms with Crippen LogP contribution >= 0.6 is 0 Å². The third-order valence-electron chi connectivity index (χ3n) is 4.04. The highest BCUT2D eigenvalue weighted by atomic mass is 16.3. The number of pyridine rings is 1. The Hall–Kier alpha value is -1.42. The SMILES string of the molecule is CC(CC(=O)NCC(CO)Cc1ccccn1)C(C)(C)C. The van der Waals surface area contributed by atoms with Crippen LogP contribution in [0.1, 0.15) is 39.8 Å². The Kier molecular flexibility index (Phi) is 6.82. The highest BCUT2D eigenvalue weighted by molar-refractivity contribution is 5.76. The molecule has 0 saturated carbocycles. The Morgan fingerprint density at radius 1 is 1.38 bits per heavy atom. The van der Waals surface area contributed by atoms with Crippen molar-refractivity contribution >= 4 is 5.91 Å². The zero-order valence-electron chi connectivity index (χ0n) is 13.6. The van der Waals surface area contributed by atoms with Crippen LogP contribution in [-0.4, -0.2) is 29.1 Å². The number of nitrogens with one attached hydrogen (secondary N) is 1. The summed E-state index contributed by atoms with van der Waals surface area (Å²) in [5.41, 5.74) is 1.07. The molecule has 0 spiro atoms. The van der Waals surface area contributed by atoms with Gasteiger partial charge in [-0.05, 0) is 29.9 Å². The molecule has 0 radical (unpaired) electrons. The third-order valence-corrected chi connectivity index (χ3v) is 4.04. The smallest absolute Gasteiger partial charge is 0.220 e. The largest absolute Gasteiger partial charge is 0.396 e. The first-order valence-corrected chi connectivity index (χ1v) is 7.60. The van der Waals surface area contributed by atoms with Gasteiger partial charge < -0.3 is 10.4 Å². The lowest BCUT2D eigenvalue weighted by molar-refractivity contribution is -0.122. The first-order valence-electron chi connectivity index (χ1n) is 7.60. The maximum absolute atomic E-state index is 12.0. The van der Waals surface area contributed by atoms with E-state index in [2.05, 4.69) is 38.0 Å². The van der Waals surface area contributed by atoms with Crippen LogP contribution in [0.3, 0.4) is 0 Å². The number of rotatable bonds is 7. The molecule has 4 nitrogen and oxygen atoms in total. The minimum atomic E-state index is 0.00814. The maximum atomic E-state index is 12.0. The van der Waals surface area contributed by atoms with Gasteiger partial charge in [0.15, 0.2) is 0 Å². The molecule has 0 saturated heterocycles. The van der Waals surface area contributed by atoms with Gasteiger partial charge in [0, 0.05) is 37.4 Å². The highest BCUT2D eigenvalue weighted by Gasteiger charge is 2.22. The second-order valence-corrected chi connectivity index (χ2v) is 6.85. The number of hydrogen-bond acceptors (Lipinski definition) is 3. The lowest BCUT2D eigenvalue weighted by Gasteiger charge is -2.27. The Morgan fingerprint density at radius 2 is 2.10 bits per heavy atom. The lowest BCUT2D eigenvalue weighted by Crippen LogP contribution is -2.34. The van der Waals surface area contributed by atoms with Gasteiger partial charge in [0.05, 0.1) is 0 Å². The fourth-order valence-electron chi connectivity index (χ4n) is 1.93. The van der Waals surface area contributed by atoms with Crippen LogP contribution in [0, 0.1) is 17.3 Å². The summed E-state index contributed by atoms with van der Waals surface area (Å²) in [4.78, 5) is 16.2. The molecule has 2 unspecified atom stereocenters. The Bertz CT molecular complexity index is 426. The van der Waals surface area contributed by atoms with E-state index in [1.165, 1.54) is 0 Å². The van der Waals surface area contributed by atoms with Crippen molar-refractivity contribution in [3.05, 3.63) is 30.1 Å². The molecule has 4 heteroatoms. The first-order chi connectivity index (χ1) is 9.82. The molecule has 0 fully saturated rings. The average molecular weight is 292 g/mol. The summed E-state index contributed by atoms with van der Waals surface area (Å²) in [6, 6.07) is 5.74. The molecule has 1 rings (SSSR count). The number of aliphatic hydroxyl groups excluding tert-OH is 1. The van der Waals surface area contributed by atoms with Crippen molar-refractivity contribution in [3.63, 3.8) is 0 Å². The predicted octanol–water partition coefficient (Wildman–Crippen LogP) is 2.42. The summed E-state index contributed by atoms with van der Waals surface area (Å²) in [5.74, 6) is 0.381. The Balaban J connectivity index is 2.39. The molecule has 118 valence electrons. The van der Waals surface area contributed by atoms with Gasteiger partial charge >= 0.3 is 0 Å². The number of carbonyl (C=O) groups excluding carboxylic acids is 1. The predicted molar refractivity (Wildman–Crippen MR) is 84.8 cm³/mol. The van der Waals surface area contributed by atoms with Crippen LogP contribution in [0.5, 0.6) is 0 Å². The van der Waals surface area contributed by atoms with E-state index < -0.39 is 0 Å². The van der Waals surface area contributed by atoms with Crippen molar-refractivity contribution in [2.45, 2.75) is 40.5 Å². The minimum absolute atomic E-state index is 0.00814. The molecule has 2 atom stereocenters. The van der Waals surface area contributed by atoms with Crippen LogP contribution in [0.15, 0.2) is 24.4 Å². The lowest BCUT2D eigenvalue weighted by atomic mass is 9.80. The molecule has 1 aromatic rings. The minimum Gasteiger partial charge on any atom is -0.396 e. The standard InChI is InChI=1S/C17H28N2O2/c1-13(17(2,3)4)9-16(21)19-11-14(12-20)10-15-7-5-6-8-18-15/h5-8,13-14,20H,9-12H2,1-4H3,(H,19,21). The summed E-state index contributed by atoms with van der Waals surface area (Å²) in [7, 11) is 0. The zero-order valence-corrected chi connectivity index (χ0v) is 13.6. The van der Waals surface area contributed by atoms with E-state index in [0.29, 0.717) is 25.3 Å². The van der Waals surface area contributed by atoms with E-state index in [0.717, 1.165) is 5.69 Å². The van der Waals surface area contributed by atoms with Gasteiger partial charge in [-0.2, -0.15) is 0 Å². The summed E-state index contributed by atoms with van der Waals surface area (Å²) in [6.07, 6.45) is 2.94. The molecule has 21 heavy (non-hydrogen) atoms. The van der Waals surface area contributed by atoms with Gasteiger partial charge in [0.2, 0.25) is 5.91 Å². The van der Waals surface area contributed by atoms with Crippen molar-refractivity contribution in [3.8, 4) is 0 Å². The van der Waals surface area contributed by atoms with E-state index >= 15 is 0 Å². The van der Waals surface area contributed by atoms with Crippen molar-refractivity contribution in [1.82, 2.24) is 10.3 Å². The van der Waals surface area contributed by atoms with Gasteiger partial charge in [0.25, 0.3) is 0 Å². The topological polar surface area (TPSA) is 62.2 Å². The molecule has 0 aromatic carbocycles. The third kappa shape index (κ3) is 6.71. The summed E-state index contributed by atoms with van der Waals surface area (Å²) in [5, 5.41) is 12.4. The molecule has 1 heterocycles. The first kappa shape index (κ1) is 17.6. The van der Waals surface area contributed by atoms with E-state index in [1.807, 2.05) is 18.2 Å². The monoisotopic (exact) mass is 292 g/mol. The Labute approximate surface area is 128 Å². The number of amides is 1. The van der Waals surface area contributed by atoms with Crippen LogP contribution in [0.25, 0.3) is 0 Å². The second-order valence-electron chi connectivity index (χ2n) is 6.85. The van der Waals surface area contributed by atoms with Crippen LogP contribution in [0.4, 0.5) is 0 Å². The summed E-state index contributed by atoms with van der Waals surface area (Å²) < 4.78 is 0. The van der Waals surface area contributed by atoms with Crippen molar-refractivity contribution in [1.29, 1.82) is 0 Å². The molecule has 0 aliphatic carbocycles. The number of aromatic nitrogens is 1. The van der Waals surface area contributed by atoms with Crippen LogP contribution in [-0.2, 0) is 11.2 Å². The summed E-state index contributed by atoms with van der Waals surface area (Å²) in [6.45, 7) is 9.05. The zero-order chi connectivity index (χ0) is 15.9. The maximum Gasteiger partial charge on any atom is 0.220 e. The van der Waals surface area contributed by atoms with Crippen LogP contribution in [0.2, 0.25) is 0 Å². The number of nitrogens with zero attached hydrogens (tertiary/aromatic N) is 1. The van der Waals surface area contributed by atoms with Gasteiger partial charge in [-0.15, -0.1) is 0 Å². The number of hydrogen-bond donors (Lipinski definition) is 2. The average Bonchev–Trinajstić information content (AvgIpc) is 2.43. The number of aliphatic hydroxyl groups is 1. The van der Waals surface area contributed by atoms with Gasteiger partial charge in [-0.3, -0.25) is 9.78 Å². The Morgan fingerprint density at radius 3 is 2.62 bits per heavy atom. The van der Waals surface area contributed by atoms with Gasteiger partial charge in [0.1, 0.15) is 0 Å². The van der Waals surface area contributed by atoms with E-state index in [9.17, 15) is 9.90 Å². The quantitative estimate of drug-likeness (QED) is 0.811. The van der Waals surface area contributed by atoms with Crippen molar-refractivity contribution in [2.75, 3.05) is 13.2 Å². The molecule has 0 aliphatic rings. The number of carbonyl (C=O) groups is 1. The molecular weight excluding hydrogens is 264 g/mol. The molecule has 1 amide bonds.